The van der Waals surface area contributed by atoms with Crippen molar-refractivity contribution in [1.82, 2.24) is 0 Å². The summed E-state index contributed by atoms with van der Waals surface area (Å²) in [7, 11) is -1.57. The first kappa shape index (κ1) is 12.6. The Labute approximate surface area is 101 Å². The van der Waals surface area contributed by atoms with Crippen LogP contribution >= 0.6 is 0 Å². The summed E-state index contributed by atoms with van der Waals surface area (Å²) in [5.74, 6) is 2.17. The first-order valence-corrected chi connectivity index (χ1v) is 9.46. The molecule has 0 spiro atoms. The number of hydrogen-bond donors (Lipinski definition) is 1. The third kappa shape index (κ3) is 2.09. The summed E-state index contributed by atoms with van der Waals surface area (Å²) in [4.78, 5) is 0. The molecule has 0 aromatic rings. The molecule has 1 N–H and O–H groups in total. The van der Waals surface area contributed by atoms with Gasteiger partial charge in [-0.2, -0.15) is 0 Å². The van der Waals surface area contributed by atoms with Crippen LogP contribution in [-0.4, -0.2) is 26.1 Å². The van der Waals surface area contributed by atoms with Gasteiger partial charge >= 0.3 is 0 Å². The van der Waals surface area contributed by atoms with Crippen molar-refractivity contribution in [3.05, 3.63) is 0 Å². The quantitative estimate of drug-likeness (QED) is 0.771. The Morgan fingerprint density at radius 3 is 2.06 bits per heavy atom. The number of fused-ring (bicyclic) bond motifs is 1. The second-order valence-electron chi connectivity index (χ2n) is 7.15. The van der Waals surface area contributed by atoms with Crippen molar-refractivity contribution >= 4 is 8.32 Å². The molecule has 3 heteroatoms. The van der Waals surface area contributed by atoms with Crippen LogP contribution in [0.25, 0.3) is 0 Å². The van der Waals surface area contributed by atoms with E-state index in [2.05, 4.69) is 33.9 Å². The molecule has 0 saturated heterocycles. The lowest BCUT2D eigenvalue weighted by molar-refractivity contribution is 0.155. The van der Waals surface area contributed by atoms with E-state index in [1.807, 2.05) is 0 Å². The lowest BCUT2D eigenvalue weighted by Crippen LogP contribution is -2.43. The minimum Gasteiger partial charge on any atom is -0.414 e. The summed E-state index contributed by atoms with van der Waals surface area (Å²) in [6, 6.07) is 0. The average molecular weight is 242 g/mol. The van der Waals surface area contributed by atoms with Crippen molar-refractivity contribution in [2.45, 2.75) is 57.8 Å². The molecule has 0 heterocycles. The zero-order chi connectivity index (χ0) is 12.1. The minimum atomic E-state index is -1.57. The second-order valence-corrected chi connectivity index (χ2v) is 11.9. The molecule has 2 nitrogen and oxygen atoms in total. The number of aliphatic hydroxyl groups excluding tert-OH is 1. The van der Waals surface area contributed by atoms with Gasteiger partial charge in [0, 0.05) is 12.7 Å². The highest BCUT2D eigenvalue weighted by Gasteiger charge is 2.56. The molecular formula is C13H26O2Si. The van der Waals surface area contributed by atoms with Gasteiger partial charge in [0.2, 0.25) is 0 Å². The molecule has 2 aliphatic rings. The topological polar surface area (TPSA) is 29.5 Å². The summed E-state index contributed by atoms with van der Waals surface area (Å²) in [6.07, 6.45) is 2.88. The van der Waals surface area contributed by atoms with E-state index in [1.165, 1.54) is 12.8 Å². The normalized spacial score (nSPS) is 38.6. The smallest absolute Gasteiger partial charge is 0.192 e. The van der Waals surface area contributed by atoms with E-state index in [9.17, 15) is 0 Å². The maximum Gasteiger partial charge on any atom is 0.192 e. The molecule has 0 aromatic heterocycles. The molecule has 2 fully saturated rings. The molecule has 0 bridgehead atoms. The molecule has 2 rings (SSSR count). The van der Waals surface area contributed by atoms with Gasteiger partial charge in [-0.05, 0) is 48.7 Å². The third-order valence-electron chi connectivity index (χ3n) is 5.06. The van der Waals surface area contributed by atoms with Crippen molar-refractivity contribution in [3.63, 3.8) is 0 Å². The van der Waals surface area contributed by atoms with E-state index in [1.54, 1.807) is 0 Å². The number of hydrogen-bond acceptors (Lipinski definition) is 2. The number of rotatable bonds is 3. The van der Waals surface area contributed by atoms with Gasteiger partial charge in [-0.15, -0.1) is 0 Å². The minimum absolute atomic E-state index is 0.316. The van der Waals surface area contributed by atoms with Crippen LogP contribution < -0.4 is 0 Å². The van der Waals surface area contributed by atoms with Gasteiger partial charge in [-0.25, -0.2) is 0 Å². The van der Waals surface area contributed by atoms with Crippen molar-refractivity contribution in [2.75, 3.05) is 6.61 Å². The Morgan fingerprint density at radius 1 is 1.19 bits per heavy atom. The first-order chi connectivity index (χ1) is 7.26. The summed E-state index contributed by atoms with van der Waals surface area (Å²) >= 11 is 0. The Balaban J connectivity index is 1.85. The zero-order valence-corrected chi connectivity index (χ0v) is 12.3. The van der Waals surface area contributed by atoms with Gasteiger partial charge in [0.25, 0.3) is 0 Å². The Hall–Kier alpha value is 0.137. The molecule has 2 unspecified atom stereocenters. The summed E-state index contributed by atoms with van der Waals surface area (Å²) in [5, 5.41) is 9.44. The predicted octanol–water partition coefficient (Wildman–Crippen LogP) is 3.03. The summed E-state index contributed by atoms with van der Waals surface area (Å²) in [5.41, 5.74) is 0. The standard InChI is InChI=1S/C13H26O2Si/c1-13(2,3)16(4,5)15-9-6-10-11(7-9)12(10)8-14/h9-12,14H,6-8H2,1-5H3/t9?,10-,11+,12?. The predicted molar refractivity (Wildman–Crippen MR) is 68.9 cm³/mol. The molecule has 0 aromatic carbocycles. The highest BCUT2D eigenvalue weighted by Crippen LogP contribution is 2.58. The van der Waals surface area contributed by atoms with Crippen molar-refractivity contribution in [2.24, 2.45) is 17.8 Å². The first-order valence-electron chi connectivity index (χ1n) is 6.55. The van der Waals surface area contributed by atoms with Crippen LogP contribution in [0, 0.1) is 17.8 Å². The molecule has 2 saturated carbocycles. The zero-order valence-electron chi connectivity index (χ0n) is 11.3. The molecule has 0 radical (unpaired) electrons. The van der Waals surface area contributed by atoms with Gasteiger partial charge in [0.15, 0.2) is 8.32 Å². The van der Waals surface area contributed by atoms with Crippen LogP contribution in [0.4, 0.5) is 0 Å². The lowest BCUT2D eigenvalue weighted by atomic mass is 10.1. The van der Waals surface area contributed by atoms with Crippen LogP contribution in [0.2, 0.25) is 18.1 Å². The number of aliphatic hydroxyl groups is 1. The monoisotopic (exact) mass is 242 g/mol. The largest absolute Gasteiger partial charge is 0.414 e. The van der Waals surface area contributed by atoms with E-state index in [-0.39, 0.29) is 0 Å². The van der Waals surface area contributed by atoms with E-state index >= 15 is 0 Å². The molecule has 4 atom stereocenters. The Bertz CT molecular complexity index is 258. The lowest BCUT2D eigenvalue weighted by Gasteiger charge is -2.39. The van der Waals surface area contributed by atoms with Gasteiger partial charge < -0.3 is 9.53 Å². The molecule has 0 amide bonds. The van der Waals surface area contributed by atoms with E-state index in [0.29, 0.717) is 23.7 Å². The van der Waals surface area contributed by atoms with Gasteiger partial charge in [-0.3, -0.25) is 0 Å². The van der Waals surface area contributed by atoms with Crippen LogP contribution in [0.1, 0.15) is 33.6 Å². The fourth-order valence-corrected chi connectivity index (χ4v) is 4.27. The molecular weight excluding hydrogens is 216 g/mol. The van der Waals surface area contributed by atoms with E-state index in [0.717, 1.165) is 11.8 Å². The van der Waals surface area contributed by atoms with Crippen LogP contribution in [0.3, 0.4) is 0 Å². The van der Waals surface area contributed by atoms with Crippen molar-refractivity contribution in [1.29, 1.82) is 0 Å². The highest BCUT2D eigenvalue weighted by molar-refractivity contribution is 6.74. The summed E-state index contributed by atoms with van der Waals surface area (Å²) < 4.78 is 6.41. The van der Waals surface area contributed by atoms with Gasteiger partial charge in [0.1, 0.15) is 0 Å². The maximum atomic E-state index is 9.13. The SMILES string of the molecule is CC(C)(C)[Si](C)(C)OC1C[C@@H]2C(CO)[C@@H]2C1. The van der Waals surface area contributed by atoms with Crippen molar-refractivity contribution < 1.29 is 9.53 Å². The van der Waals surface area contributed by atoms with Crippen LogP contribution in [0.5, 0.6) is 0 Å². The molecule has 2 aliphatic carbocycles. The van der Waals surface area contributed by atoms with Gasteiger partial charge in [0.05, 0.1) is 0 Å². The van der Waals surface area contributed by atoms with Crippen molar-refractivity contribution in [3.8, 4) is 0 Å². The summed E-state index contributed by atoms with van der Waals surface area (Å²) in [6.45, 7) is 11.9. The average Bonchev–Trinajstić information content (AvgIpc) is 2.59. The molecule has 94 valence electrons. The molecule has 16 heavy (non-hydrogen) atoms. The van der Waals surface area contributed by atoms with Crippen LogP contribution in [-0.2, 0) is 4.43 Å². The second kappa shape index (κ2) is 3.82. The fourth-order valence-electron chi connectivity index (χ4n) is 2.89. The fraction of sp³-hybridized carbons (Fsp3) is 1.00. The highest BCUT2D eigenvalue weighted by atomic mass is 28.4. The Kier molecular flexibility index (Phi) is 3.01. The third-order valence-corrected chi connectivity index (χ3v) is 9.59. The van der Waals surface area contributed by atoms with E-state index in [4.69, 9.17) is 9.53 Å². The van der Waals surface area contributed by atoms with E-state index < -0.39 is 8.32 Å². The Morgan fingerprint density at radius 2 is 1.69 bits per heavy atom. The van der Waals surface area contributed by atoms with Gasteiger partial charge in [-0.1, -0.05) is 20.8 Å². The van der Waals surface area contributed by atoms with Crippen LogP contribution in [0.15, 0.2) is 0 Å². The maximum absolute atomic E-state index is 9.13. The molecule has 0 aliphatic heterocycles.